The third-order valence-corrected chi connectivity index (χ3v) is 5.90. The number of urea groups is 1. The predicted octanol–water partition coefficient (Wildman–Crippen LogP) is 2.25. The maximum Gasteiger partial charge on any atom is 0.323 e. The average molecular weight is 366 g/mol. The SMILES string of the molecule is Cc1nc(NC(=O)N2CCCN(C(=O)C3CCOCC3)CC2)sc1C. The Morgan fingerprint density at radius 1 is 1.12 bits per heavy atom. The lowest BCUT2D eigenvalue weighted by atomic mass is 9.98. The van der Waals surface area contributed by atoms with Crippen molar-refractivity contribution in [2.24, 2.45) is 5.92 Å². The number of carbonyl (C=O) groups excluding carboxylic acids is 2. The van der Waals surface area contributed by atoms with Gasteiger partial charge in [0.15, 0.2) is 5.13 Å². The second-order valence-electron chi connectivity index (χ2n) is 6.64. The molecule has 0 aliphatic carbocycles. The van der Waals surface area contributed by atoms with Crippen molar-refractivity contribution in [1.82, 2.24) is 14.8 Å². The van der Waals surface area contributed by atoms with Gasteiger partial charge in [-0.25, -0.2) is 9.78 Å². The van der Waals surface area contributed by atoms with Crippen LogP contribution in [0.1, 0.15) is 29.8 Å². The van der Waals surface area contributed by atoms with E-state index in [9.17, 15) is 9.59 Å². The van der Waals surface area contributed by atoms with E-state index in [2.05, 4.69) is 10.3 Å². The van der Waals surface area contributed by atoms with Crippen molar-refractivity contribution in [3.63, 3.8) is 0 Å². The quantitative estimate of drug-likeness (QED) is 0.871. The van der Waals surface area contributed by atoms with E-state index in [0.29, 0.717) is 38.0 Å². The van der Waals surface area contributed by atoms with Crippen molar-refractivity contribution in [1.29, 1.82) is 0 Å². The first-order chi connectivity index (χ1) is 12.0. The van der Waals surface area contributed by atoms with Crippen LogP contribution in [0.4, 0.5) is 9.93 Å². The number of aromatic nitrogens is 1. The van der Waals surface area contributed by atoms with Crippen molar-refractivity contribution in [2.45, 2.75) is 33.1 Å². The molecule has 3 amide bonds. The summed E-state index contributed by atoms with van der Waals surface area (Å²) in [5.74, 6) is 0.298. The van der Waals surface area contributed by atoms with Gasteiger partial charge in [-0.3, -0.25) is 10.1 Å². The summed E-state index contributed by atoms with van der Waals surface area (Å²) in [6, 6.07) is -0.130. The lowest BCUT2D eigenvalue weighted by molar-refractivity contribution is -0.138. The molecule has 0 unspecified atom stereocenters. The van der Waals surface area contributed by atoms with Crippen LogP contribution >= 0.6 is 11.3 Å². The van der Waals surface area contributed by atoms with Gasteiger partial charge in [-0.2, -0.15) is 0 Å². The van der Waals surface area contributed by atoms with E-state index in [1.54, 1.807) is 4.90 Å². The van der Waals surface area contributed by atoms with E-state index in [0.717, 1.165) is 36.4 Å². The van der Waals surface area contributed by atoms with E-state index >= 15 is 0 Å². The van der Waals surface area contributed by atoms with E-state index < -0.39 is 0 Å². The molecule has 1 N–H and O–H groups in total. The summed E-state index contributed by atoms with van der Waals surface area (Å²) in [6.07, 6.45) is 2.42. The van der Waals surface area contributed by atoms with Crippen molar-refractivity contribution >= 4 is 28.4 Å². The molecule has 138 valence electrons. The molecule has 8 heteroatoms. The average Bonchev–Trinajstić information content (AvgIpc) is 2.81. The molecule has 2 aliphatic rings. The molecule has 1 aromatic heterocycles. The third kappa shape index (κ3) is 4.49. The Morgan fingerprint density at radius 3 is 2.48 bits per heavy atom. The Labute approximate surface area is 152 Å². The molecular weight excluding hydrogens is 340 g/mol. The highest BCUT2D eigenvalue weighted by Gasteiger charge is 2.28. The number of nitrogens with one attached hydrogen (secondary N) is 1. The zero-order chi connectivity index (χ0) is 17.8. The maximum absolute atomic E-state index is 12.7. The third-order valence-electron chi connectivity index (χ3n) is 4.91. The van der Waals surface area contributed by atoms with Crippen LogP contribution in [0.25, 0.3) is 0 Å². The van der Waals surface area contributed by atoms with Crippen molar-refractivity contribution in [2.75, 3.05) is 44.7 Å². The number of anilines is 1. The number of carbonyl (C=O) groups is 2. The smallest absolute Gasteiger partial charge is 0.323 e. The predicted molar refractivity (Wildman–Crippen MR) is 96.9 cm³/mol. The molecule has 25 heavy (non-hydrogen) atoms. The molecule has 0 aromatic carbocycles. The van der Waals surface area contributed by atoms with E-state index in [1.165, 1.54) is 11.3 Å². The Morgan fingerprint density at radius 2 is 1.80 bits per heavy atom. The number of hydrogen-bond donors (Lipinski definition) is 1. The first kappa shape index (κ1) is 18.1. The van der Waals surface area contributed by atoms with Gasteiger partial charge < -0.3 is 14.5 Å². The van der Waals surface area contributed by atoms with Crippen molar-refractivity contribution < 1.29 is 14.3 Å². The number of nitrogens with zero attached hydrogens (tertiary/aromatic N) is 3. The second kappa shape index (κ2) is 8.14. The molecular formula is C17H26N4O3S. The fourth-order valence-electron chi connectivity index (χ4n) is 3.24. The number of hydrogen-bond acceptors (Lipinski definition) is 5. The highest BCUT2D eigenvalue weighted by molar-refractivity contribution is 7.15. The van der Waals surface area contributed by atoms with Crippen LogP contribution < -0.4 is 5.32 Å². The zero-order valence-corrected chi connectivity index (χ0v) is 15.7. The van der Waals surface area contributed by atoms with Crippen LogP contribution in [0.5, 0.6) is 0 Å². The number of amides is 3. The molecule has 7 nitrogen and oxygen atoms in total. The lowest BCUT2D eigenvalue weighted by Gasteiger charge is -2.28. The number of aryl methyl sites for hydroxylation is 2. The molecule has 0 radical (unpaired) electrons. The monoisotopic (exact) mass is 366 g/mol. The first-order valence-electron chi connectivity index (χ1n) is 8.91. The number of thiazole rings is 1. The summed E-state index contributed by atoms with van der Waals surface area (Å²) in [6.45, 7) is 7.81. The molecule has 0 saturated carbocycles. The number of rotatable bonds is 2. The topological polar surface area (TPSA) is 74.8 Å². The first-order valence-corrected chi connectivity index (χ1v) is 9.72. The van der Waals surface area contributed by atoms with Crippen LogP contribution in [-0.4, -0.2) is 66.1 Å². The van der Waals surface area contributed by atoms with E-state index in [1.807, 2.05) is 18.7 Å². The standard InChI is InChI=1S/C17H26N4O3S/c1-12-13(2)25-16(18-12)19-17(23)21-7-3-6-20(8-9-21)15(22)14-4-10-24-11-5-14/h14H,3-11H2,1-2H3,(H,18,19,23). The molecule has 2 aliphatic heterocycles. The van der Waals surface area contributed by atoms with Gasteiger partial charge >= 0.3 is 6.03 Å². The van der Waals surface area contributed by atoms with Gasteiger partial charge in [0.2, 0.25) is 5.91 Å². The minimum atomic E-state index is -0.130. The van der Waals surface area contributed by atoms with Gasteiger partial charge in [0.25, 0.3) is 0 Å². The minimum Gasteiger partial charge on any atom is -0.381 e. The minimum absolute atomic E-state index is 0.0791. The van der Waals surface area contributed by atoms with Gasteiger partial charge in [0.05, 0.1) is 5.69 Å². The van der Waals surface area contributed by atoms with Crippen molar-refractivity contribution in [3.8, 4) is 0 Å². The largest absolute Gasteiger partial charge is 0.381 e. The normalized spacial score (nSPS) is 19.6. The zero-order valence-electron chi connectivity index (χ0n) is 14.9. The summed E-state index contributed by atoms with van der Waals surface area (Å²) in [7, 11) is 0. The molecule has 0 spiro atoms. The second-order valence-corrected chi connectivity index (χ2v) is 7.85. The lowest BCUT2D eigenvalue weighted by Crippen LogP contribution is -2.42. The molecule has 0 bridgehead atoms. The molecule has 2 saturated heterocycles. The fraction of sp³-hybridized carbons (Fsp3) is 0.706. The van der Waals surface area contributed by atoms with E-state index in [4.69, 9.17) is 4.74 Å². The molecule has 3 heterocycles. The van der Waals surface area contributed by atoms with Gasteiger partial charge in [0, 0.05) is 50.2 Å². The van der Waals surface area contributed by atoms with Gasteiger partial charge in [-0.1, -0.05) is 0 Å². The van der Waals surface area contributed by atoms with E-state index in [-0.39, 0.29) is 17.9 Å². The summed E-state index contributed by atoms with van der Waals surface area (Å²) in [5, 5.41) is 3.52. The Hall–Kier alpha value is -1.67. The maximum atomic E-state index is 12.7. The van der Waals surface area contributed by atoms with Gasteiger partial charge in [-0.15, -0.1) is 11.3 Å². The summed E-state index contributed by atoms with van der Waals surface area (Å²) < 4.78 is 5.34. The van der Waals surface area contributed by atoms with Crippen molar-refractivity contribution in [3.05, 3.63) is 10.6 Å². The Balaban J connectivity index is 1.53. The van der Waals surface area contributed by atoms with Gasteiger partial charge in [0.1, 0.15) is 0 Å². The van der Waals surface area contributed by atoms with Crippen LogP contribution in [0.3, 0.4) is 0 Å². The fourth-order valence-corrected chi connectivity index (χ4v) is 4.04. The highest BCUT2D eigenvalue weighted by Crippen LogP contribution is 2.22. The summed E-state index contributed by atoms with van der Waals surface area (Å²) >= 11 is 1.49. The summed E-state index contributed by atoms with van der Waals surface area (Å²) in [4.78, 5) is 34.3. The van der Waals surface area contributed by atoms with Crippen LogP contribution in [-0.2, 0) is 9.53 Å². The summed E-state index contributed by atoms with van der Waals surface area (Å²) in [5.41, 5.74) is 0.949. The Bertz CT molecular complexity index is 608. The number of ether oxygens (including phenoxy) is 1. The van der Waals surface area contributed by atoms with Crippen LogP contribution in [0, 0.1) is 19.8 Å². The molecule has 1 aromatic rings. The van der Waals surface area contributed by atoms with Gasteiger partial charge in [-0.05, 0) is 33.1 Å². The van der Waals surface area contributed by atoms with Crippen LogP contribution in [0.15, 0.2) is 0 Å². The Kier molecular flexibility index (Phi) is 5.90. The molecule has 3 rings (SSSR count). The highest BCUT2D eigenvalue weighted by atomic mass is 32.1. The van der Waals surface area contributed by atoms with Crippen LogP contribution in [0.2, 0.25) is 0 Å². The molecule has 0 atom stereocenters. The molecule has 2 fully saturated rings.